The van der Waals surface area contributed by atoms with Gasteiger partial charge in [0.2, 0.25) is 5.95 Å². The quantitative estimate of drug-likeness (QED) is 0.768. The second-order valence-corrected chi connectivity index (χ2v) is 5.05. The zero-order chi connectivity index (χ0) is 15.0. The number of benzene rings is 1. The van der Waals surface area contributed by atoms with Gasteiger partial charge >= 0.3 is 0 Å². The van der Waals surface area contributed by atoms with E-state index in [1.54, 1.807) is 0 Å². The number of aromatic nitrogens is 3. The van der Waals surface area contributed by atoms with E-state index in [0.717, 1.165) is 27.9 Å². The van der Waals surface area contributed by atoms with E-state index in [1.807, 2.05) is 45.0 Å². The summed E-state index contributed by atoms with van der Waals surface area (Å²) >= 11 is 0. The van der Waals surface area contributed by atoms with E-state index in [0.29, 0.717) is 5.82 Å². The van der Waals surface area contributed by atoms with E-state index in [9.17, 15) is 0 Å². The lowest BCUT2D eigenvalue weighted by molar-refractivity contribution is 0.392. The molecule has 3 N–H and O–H groups in total. The molecule has 6 nitrogen and oxygen atoms in total. The maximum absolute atomic E-state index is 5.79. The SMILES string of the molecule is Cc1noc(C)c1C(C)Nc1nc(N)nc2ccccc12. The van der Waals surface area contributed by atoms with Crippen LogP contribution >= 0.6 is 0 Å². The zero-order valence-corrected chi connectivity index (χ0v) is 12.2. The summed E-state index contributed by atoms with van der Waals surface area (Å²) in [5, 5.41) is 8.30. The molecule has 2 aromatic heterocycles. The molecule has 3 rings (SSSR count). The Bertz CT molecular complexity index is 776. The molecule has 0 amide bonds. The summed E-state index contributed by atoms with van der Waals surface area (Å²) in [6, 6.07) is 7.77. The van der Waals surface area contributed by atoms with Gasteiger partial charge in [0, 0.05) is 10.9 Å². The summed E-state index contributed by atoms with van der Waals surface area (Å²) in [5.41, 5.74) is 8.52. The van der Waals surface area contributed by atoms with Gasteiger partial charge in [0.25, 0.3) is 0 Å². The molecular formula is C15H17N5O. The zero-order valence-electron chi connectivity index (χ0n) is 12.2. The first kappa shape index (κ1) is 13.4. The van der Waals surface area contributed by atoms with E-state index >= 15 is 0 Å². The Morgan fingerprint density at radius 2 is 1.95 bits per heavy atom. The standard InChI is InChI=1S/C15H17N5O/c1-8(13-9(2)20-21-10(13)3)17-14-11-6-4-5-7-12(11)18-15(16)19-14/h4-8H,1-3H3,(H3,16,17,18,19). The monoisotopic (exact) mass is 283 g/mol. The number of rotatable bonds is 3. The van der Waals surface area contributed by atoms with Gasteiger partial charge in [-0.25, -0.2) is 4.98 Å². The fraction of sp³-hybridized carbons (Fsp3) is 0.267. The molecule has 1 atom stereocenters. The third-order valence-corrected chi connectivity index (χ3v) is 3.50. The van der Waals surface area contributed by atoms with Crippen molar-refractivity contribution in [2.45, 2.75) is 26.8 Å². The van der Waals surface area contributed by atoms with Crippen LogP contribution in [0.15, 0.2) is 28.8 Å². The highest BCUT2D eigenvalue weighted by molar-refractivity contribution is 5.90. The van der Waals surface area contributed by atoms with Crippen molar-refractivity contribution in [3.05, 3.63) is 41.3 Å². The van der Waals surface area contributed by atoms with Crippen LogP contribution in [-0.4, -0.2) is 15.1 Å². The van der Waals surface area contributed by atoms with E-state index in [4.69, 9.17) is 10.3 Å². The minimum absolute atomic E-state index is 0.00829. The minimum atomic E-state index is 0.00829. The number of nitrogens with zero attached hydrogens (tertiary/aromatic N) is 3. The Labute approximate surface area is 122 Å². The summed E-state index contributed by atoms with van der Waals surface area (Å²) in [7, 11) is 0. The van der Waals surface area contributed by atoms with Crippen LogP contribution in [0.2, 0.25) is 0 Å². The summed E-state index contributed by atoms with van der Waals surface area (Å²) in [4.78, 5) is 8.55. The molecule has 0 spiro atoms. The molecule has 1 aromatic carbocycles. The van der Waals surface area contributed by atoms with Crippen molar-refractivity contribution in [1.82, 2.24) is 15.1 Å². The van der Waals surface area contributed by atoms with Gasteiger partial charge in [0.05, 0.1) is 17.3 Å². The number of nitrogens with one attached hydrogen (secondary N) is 1. The van der Waals surface area contributed by atoms with Gasteiger partial charge in [-0.15, -0.1) is 0 Å². The Kier molecular flexibility index (Phi) is 3.21. The van der Waals surface area contributed by atoms with Gasteiger partial charge in [-0.05, 0) is 32.9 Å². The summed E-state index contributed by atoms with van der Waals surface area (Å²) in [5.74, 6) is 1.77. The molecule has 0 radical (unpaired) electrons. The molecule has 108 valence electrons. The third kappa shape index (κ3) is 2.40. The Morgan fingerprint density at radius 1 is 1.19 bits per heavy atom. The smallest absolute Gasteiger partial charge is 0.222 e. The molecule has 0 aliphatic carbocycles. The predicted molar refractivity (Wildman–Crippen MR) is 82.0 cm³/mol. The molecule has 0 fully saturated rings. The first-order valence-electron chi connectivity index (χ1n) is 6.78. The molecule has 2 heterocycles. The van der Waals surface area contributed by atoms with Gasteiger partial charge in [-0.1, -0.05) is 17.3 Å². The Morgan fingerprint density at radius 3 is 2.67 bits per heavy atom. The molecule has 0 saturated carbocycles. The lowest BCUT2D eigenvalue weighted by Gasteiger charge is -2.16. The van der Waals surface area contributed by atoms with Crippen LogP contribution in [-0.2, 0) is 0 Å². The van der Waals surface area contributed by atoms with Crippen LogP contribution in [0.1, 0.15) is 30.0 Å². The van der Waals surface area contributed by atoms with Crippen molar-refractivity contribution in [1.29, 1.82) is 0 Å². The molecule has 0 bridgehead atoms. The lowest BCUT2D eigenvalue weighted by Crippen LogP contribution is -2.11. The summed E-state index contributed by atoms with van der Waals surface area (Å²) in [6.45, 7) is 5.87. The van der Waals surface area contributed by atoms with Crippen LogP contribution in [0.25, 0.3) is 10.9 Å². The fourth-order valence-corrected chi connectivity index (χ4v) is 2.59. The second-order valence-electron chi connectivity index (χ2n) is 5.05. The van der Waals surface area contributed by atoms with Gasteiger partial charge in [0.15, 0.2) is 0 Å². The summed E-state index contributed by atoms with van der Waals surface area (Å²) < 4.78 is 5.22. The lowest BCUT2D eigenvalue weighted by atomic mass is 10.1. The number of nitrogens with two attached hydrogens (primary N) is 1. The van der Waals surface area contributed by atoms with Crippen molar-refractivity contribution in [2.75, 3.05) is 11.1 Å². The minimum Gasteiger partial charge on any atom is -0.368 e. The van der Waals surface area contributed by atoms with Crippen LogP contribution in [0.3, 0.4) is 0 Å². The molecular weight excluding hydrogens is 266 g/mol. The average Bonchev–Trinajstić information content (AvgIpc) is 2.78. The Hall–Kier alpha value is -2.63. The average molecular weight is 283 g/mol. The van der Waals surface area contributed by atoms with Crippen molar-refractivity contribution in [3.8, 4) is 0 Å². The first-order chi connectivity index (χ1) is 10.1. The molecule has 0 aliphatic rings. The van der Waals surface area contributed by atoms with E-state index < -0.39 is 0 Å². The van der Waals surface area contributed by atoms with Crippen molar-refractivity contribution in [2.24, 2.45) is 0 Å². The highest BCUT2D eigenvalue weighted by Gasteiger charge is 2.18. The summed E-state index contributed by atoms with van der Waals surface area (Å²) in [6.07, 6.45) is 0. The Balaban J connectivity index is 2.02. The van der Waals surface area contributed by atoms with Crippen LogP contribution in [0, 0.1) is 13.8 Å². The molecule has 0 aliphatic heterocycles. The number of para-hydroxylation sites is 1. The number of hydrogen-bond acceptors (Lipinski definition) is 6. The number of hydrogen-bond donors (Lipinski definition) is 2. The highest BCUT2D eigenvalue weighted by atomic mass is 16.5. The van der Waals surface area contributed by atoms with Gasteiger partial charge in [0.1, 0.15) is 11.6 Å². The van der Waals surface area contributed by atoms with Gasteiger partial charge < -0.3 is 15.6 Å². The molecule has 1 unspecified atom stereocenters. The van der Waals surface area contributed by atoms with Crippen LogP contribution in [0.4, 0.5) is 11.8 Å². The molecule has 3 aromatic rings. The highest BCUT2D eigenvalue weighted by Crippen LogP contribution is 2.28. The maximum atomic E-state index is 5.79. The normalized spacial score (nSPS) is 12.5. The first-order valence-corrected chi connectivity index (χ1v) is 6.78. The topological polar surface area (TPSA) is 89.9 Å². The maximum Gasteiger partial charge on any atom is 0.222 e. The van der Waals surface area contributed by atoms with E-state index in [2.05, 4.69) is 20.4 Å². The van der Waals surface area contributed by atoms with Crippen molar-refractivity contribution in [3.63, 3.8) is 0 Å². The van der Waals surface area contributed by atoms with Gasteiger partial charge in [-0.2, -0.15) is 4.98 Å². The van der Waals surface area contributed by atoms with E-state index in [1.165, 1.54) is 0 Å². The van der Waals surface area contributed by atoms with Crippen LogP contribution in [0.5, 0.6) is 0 Å². The second kappa shape index (κ2) is 5.05. The number of aryl methyl sites for hydroxylation is 2. The fourth-order valence-electron chi connectivity index (χ4n) is 2.59. The van der Waals surface area contributed by atoms with Gasteiger partial charge in [-0.3, -0.25) is 0 Å². The molecule has 21 heavy (non-hydrogen) atoms. The van der Waals surface area contributed by atoms with Crippen molar-refractivity contribution >= 4 is 22.7 Å². The molecule has 0 saturated heterocycles. The van der Waals surface area contributed by atoms with Crippen molar-refractivity contribution < 1.29 is 4.52 Å². The number of anilines is 2. The number of nitrogen functional groups attached to an aromatic ring is 1. The van der Waals surface area contributed by atoms with E-state index in [-0.39, 0.29) is 12.0 Å². The predicted octanol–water partition coefficient (Wildman–Crippen LogP) is 2.99. The largest absolute Gasteiger partial charge is 0.368 e. The number of fused-ring (bicyclic) bond motifs is 1. The van der Waals surface area contributed by atoms with Crippen LogP contribution < -0.4 is 11.1 Å². The third-order valence-electron chi connectivity index (χ3n) is 3.50. The molecule has 6 heteroatoms.